The molecule has 6 aromatic rings. The van der Waals surface area contributed by atoms with E-state index in [1.807, 2.05) is 0 Å². The van der Waals surface area contributed by atoms with Crippen molar-refractivity contribution in [2.75, 3.05) is 77.6 Å². The lowest BCUT2D eigenvalue weighted by Crippen LogP contribution is -2.45. The number of aromatic nitrogens is 8. The van der Waals surface area contributed by atoms with Gasteiger partial charge in [-0.1, -0.05) is 79.6 Å². The second-order valence-electron chi connectivity index (χ2n) is 22.7. The van der Waals surface area contributed by atoms with Crippen molar-refractivity contribution >= 4 is 110 Å². The van der Waals surface area contributed by atoms with Gasteiger partial charge in [0.25, 0.3) is 11.8 Å². The first-order valence-corrected chi connectivity index (χ1v) is 35.0. The molecule has 42 heteroatoms. The van der Waals surface area contributed by atoms with E-state index in [2.05, 4.69) is 86.3 Å². The van der Waals surface area contributed by atoms with Crippen LogP contribution in [-0.2, 0) is 115 Å². The number of carboxylic acids is 2. The Balaban J connectivity index is 0.000000392. The fourth-order valence-electron chi connectivity index (χ4n) is 8.22. The van der Waals surface area contributed by atoms with Gasteiger partial charge in [-0.2, -0.15) is 0 Å². The topological polar surface area (TPSA) is 515 Å². The summed E-state index contributed by atoms with van der Waals surface area (Å²) in [6.45, 7) is 10.6. The normalized spacial score (nSPS) is 12.4. The molecule has 39 nitrogen and oxygen atoms in total. The number of hydrogen-bond donors (Lipinski definition) is 7. The predicted molar refractivity (Wildman–Crippen MR) is 386 cm³/mol. The highest BCUT2D eigenvalue weighted by Crippen LogP contribution is 2.22. The number of esters is 1. The van der Waals surface area contributed by atoms with Crippen LogP contribution in [0.25, 0.3) is 22.8 Å². The van der Waals surface area contributed by atoms with Crippen LogP contribution in [0, 0.1) is 5.92 Å². The molecule has 0 spiro atoms. The number of carbonyl (C=O) groups is 12. The molecule has 1 saturated heterocycles. The predicted octanol–water partition coefficient (Wildman–Crippen LogP) is 3.89. The number of nitrogens with one attached hydrogen (secondary N) is 4. The summed E-state index contributed by atoms with van der Waals surface area (Å²) in [5.74, 6) is -5.29. The van der Waals surface area contributed by atoms with Crippen molar-refractivity contribution in [2.24, 2.45) is 11.7 Å². The Morgan fingerprint density at radius 1 is 0.587 bits per heavy atom. The molecule has 0 saturated carbocycles. The van der Waals surface area contributed by atoms with E-state index in [0.717, 1.165) is 0 Å². The number of nitrogens with two attached hydrogens (primary N) is 1. The van der Waals surface area contributed by atoms with Crippen molar-refractivity contribution in [2.45, 2.75) is 105 Å². The third-order valence-electron chi connectivity index (χ3n) is 14.1. The monoisotopic (exact) mass is 1550 g/mol. The Morgan fingerprint density at radius 3 is 1.36 bits per heavy atom. The summed E-state index contributed by atoms with van der Waals surface area (Å²) in [4.78, 5) is 148. The molecular weight excluding hydrogens is 1470 g/mol. The van der Waals surface area contributed by atoms with E-state index in [1.54, 1.807) is 101 Å². The summed E-state index contributed by atoms with van der Waals surface area (Å²) in [6, 6.07) is 23.5. The number of hydrogen-bond acceptors (Lipinski definition) is 31. The van der Waals surface area contributed by atoms with E-state index in [1.165, 1.54) is 61.8 Å². The fraction of sp³-hybridized carbons (Fsp3) is 0.403. The van der Waals surface area contributed by atoms with Crippen LogP contribution in [0.1, 0.15) is 83.6 Å². The van der Waals surface area contributed by atoms with E-state index in [0.29, 0.717) is 72.4 Å². The number of methoxy groups -OCH3 is 2. The van der Waals surface area contributed by atoms with E-state index >= 15 is 0 Å². The van der Waals surface area contributed by atoms with E-state index in [4.69, 9.17) is 53.8 Å². The molecule has 4 unspecified atom stereocenters. The number of nitrogens with zero attached hydrogens (tertiary/aromatic N) is 11. The molecule has 2 aromatic heterocycles. The number of amides is 8. The minimum Gasteiger partial charge on any atom is -0.480 e. The van der Waals surface area contributed by atoms with Gasteiger partial charge in [-0.25, -0.2) is 14.4 Å². The molecule has 582 valence electrons. The molecule has 8 amide bonds. The summed E-state index contributed by atoms with van der Waals surface area (Å²) in [5, 5.41) is 60.5. The van der Waals surface area contributed by atoms with Crippen molar-refractivity contribution < 1.29 is 110 Å². The number of carboxylic acid groups (broad SMARTS) is 2. The van der Waals surface area contributed by atoms with Crippen LogP contribution < -0.4 is 36.5 Å². The van der Waals surface area contributed by atoms with Crippen LogP contribution in [0.5, 0.6) is 11.5 Å². The number of aliphatic carboxylic acids is 2. The van der Waals surface area contributed by atoms with Crippen molar-refractivity contribution in [3.05, 3.63) is 120 Å². The maximum absolute atomic E-state index is 12.8. The molecule has 8 N–H and O–H groups in total. The lowest BCUT2D eigenvalue weighted by molar-refractivity contribution is -0.177. The summed E-state index contributed by atoms with van der Waals surface area (Å²) in [6.07, 6.45) is -2.81. The van der Waals surface area contributed by atoms with Gasteiger partial charge in [-0.3, -0.25) is 48.0 Å². The summed E-state index contributed by atoms with van der Waals surface area (Å²) in [5.41, 5.74) is 8.50. The first-order valence-electron chi connectivity index (χ1n) is 33.0. The molecule has 2 radical (unpaired) electrons. The average Bonchev–Trinajstić information content (AvgIpc) is 1.81. The first kappa shape index (κ1) is 89.8. The third-order valence-corrected chi connectivity index (χ3v) is 14.1. The van der Waals surface area contributed by atoms with E-state index in [9.17, 15) is 57.5 Å². The smallest absolute Gasteiger partial charge is 0.480 e. The van der Waals surface area contributed by atoms with Crippen molar-refractivity contribution in [3.8, 4) is 34.3 Å². The highest BCUT2D eigenvalue weighted by molar-refractivity contribution is 8.07. The number of benzene rings is 4. The van der Waals surface area contributed by atoms with E-state index < -0.39 is 83.9 Å². The highest BCUT2D eigenvalue weighted by atomic mass is 32.4. The highest BCUT2D eigenvalue weighted by Gasteiger charge is 2.34. The number of imide groups is 1. The van der Waals surface area contributed by atoms with Crippen LogP contribution in [-0.4, -0.2) is 230 Å². The third kappa shape index (κ3) is 33.8. The summed E-state index contributed by atoms with van der Waals surface area (Å²) in [7, 11) is 8.22. The maximum Gasteiger partial charge on any atom is 0.534 e. The van der Waals surface area contributed by atoms with Crippen LogP contribution >= 0.6 is 7.23 Å². The standard InChI is InChI=1S/C32H39N7O10.C29H31N7O10.C6H12N2O3.BPS/c1-5-39(17-26-35-37-29(38-36-26)23-7-6-8-24(16-23)34-27(40)19-47-14-13-46-4)32(45)49-25-11-9-22(10-12-25)18-48-28(41)15-20(2)30(42)33-21(3)31(43)44;1-3-35(28(40)45-22-9-7-19(8-10-22)17-44-29(41)46-36-25(38)11-12-26(36)39)16-23-31-33-27(34-32-23)20-5-4-6-21(15-20)30-24(37)18-43-14-13-42-2;1-3(7)5(9)8-4(2)6(10)11;1-2-3/h6-12,16,20-21H,5,13-15,17-19H2,1-4H3,(H,33,42)(H,34,40)(H,43,44);4-10,15H,3,11-14,16-18H2,1-2H3,(H,30,37);3-4H,7H2,1-2H3,(H,8,9)(H,10,11);. The Hall–Kier alpha value is -11.6. The van der Waals surface area contributed by atoms with Crippen LogP contribution in [0.15, 0.2) is 97.1 Å². The van der Waals surface area contributed by atoms with Crippen molar-refractivity contribution in [1.29, 1.82) is 0 Å². The number of carbonyl (C=O) groups excluding carboxylic acids is 10. The molecule has 1 aliphatic rings. The van der Waals surface area contributed by atoms with Crippen LogP contribution in [0.2, 0.25) is 0 Å². The molecule has 7 rings (SSSR count). The lowest BCUT2D eigenvalue weighted by Gasteiger charge is -2.19. The minimum atomic E-state index is -1.20. The zero-order chi connectivity index (χ0) is 80.4. The SMILES string of the molecule is CC(N)C(=O)NC(C)C(=O)O.CCN(Cc1nnc(-c2cccc(NC(=O)COCCOC)c2)nn1)C(=O)Oc1ccc(COC(=O)CC(C)C(=O)NC(C)C(=O)O)cc1.CCN(Cc1nnc(-c2cccc(NC(=O)COCCOC)c2)nn1)C(=O)Oc1ccc(COC(=O)ON2C(=O)CCC2=O)cc1.[B]P=S. The largest absolute Gasteiger partial charge is 0.534 e. The van der Waals surface area contributed by atoms with Crippen molar-refractivity contribution in [1.82, 2.24) is 66.3 Å². The molecule has 4 aromatic carbocycles. The molecular formula is C67H82BN16O23PS. The van der Waals surface area contributed by atoms with Gasteiger partial charge in [0.2, 0.25) is 35.3 Å². The average molecular weight is 1550 g/mol. The second kappa shape index (κ2) is 48.6. The minimum absolute atomic E-state index is 0.0194. The fourth-order valence-corrected chi connectivity index (χ4v) is 8.22. The van der Waals surface area contributed by atoms with Gasteiger partial charge in [0.1, 0.15) is 50.0 Å². The summed E-state index contributed by atoms with van der Waals surface area (Å²) < 4.78 is 41.2. The number of rotatable bonds is 35. The van der Waals surface area contributed by atoms with Gasteiger partial charge in [0.15, 0.2) is 19.2 Å². The second-order valence-corrected chi connectivity index (χ2v) is 23.5. The molecule has 0 aliphatic carbocycles. The Bertz CT molecular complexity index is 4000. The summed E-state index contributed by atoms with van der Waals surface area (Å²) >= 11 is 4.14. The van der Waals surface area contributed by atoms with Gasteiger partial charge in [-0.15, -0.1) is 40.8 Å². The maximum atomic E-state index is 12.8. The molecule has 1 aliphatic heterocycles. The quantitative estimate of drug-likeness (QED) is 0.00975. The molecule has 0 bridgehead atoms. The van der Waals surface area contributed by atoms with Gasteiger partial charge in [-0.05, 0) is 94.3 Å². The van der Waals surface area contributed by atoms with Crippen LogP contribution in [0.3, 0.4) is 0 Å². The molecule has 3 heterocycles. The number of anilines is 2. The number of hydroxylamine groups is 2. The van der Waals surface area contributed by atoms with Crippen molar-refractivity contribution in [3.63, 3.8) is 0 Å². The van der Waals surface area contributed by atoms with E-state index in [-0.39, 0.29) is 118 Å². The number of ether oxygens (including phenoxy) is 8. The molecule has 4 atom stereocenters. The Morgan fingerprint density at radius 2 is 0.982 bits per heavy atom. The zero-order valence-corrected chi connectivity index (χ0v) is 62.3. The van der Waals surface area contributed by atoms with Gasteiger partial charge in [0, 0.05) is 68.6 Å². The Labute approximate surface area is 632 Å². The molecule has 1 fully saturated rings. The zero-order valence-electron chi connectivity index (χ0n) is 60.6. The lowest BCUT2D eigenvalue weighted by atomic mass is 10.1. The van der Waals surface area contributed by atoms with Gasteiger partial charge >= 0.3 is 36.2 Å². The van der Waals surface area contributed by atoms with Crippen LogP contribution in [0.4, 0.5) is 25.8 Å². The van der Waals surface area contributed by atoms with Gasteiger partial charge < -0.3 is 84.9 Å². The molecule has 109 heavy (non-hydrogen) atoms. The van der Waals surface area contributed by atoms with Gasteiger partial charge in [0.05, 0.1) is 52.0 Å². The Kier molecular flexibility index (Phi) is 40.0. The first-order chi connectivity index (χ1) is 52.1.